The maximum atomic E-state index is 11.3. The molecule has 20 heavy (non-hydrogen) atoms. The second-order valence-corrected chi connectivity index (χ2v) is 5.30. The Morgan fingerprint density at radius 1 is 1.40 bits per heavy atom. The third-order valence-electron chi connectivity index (χ3n) is 3.77. The number of aliphatic carboxylic acids is 1. The minimum atomic E-state index is -0.795. The SMILES string of the molecule is CC1CC(C(=O)O)C(c2nc(-c3ccccn3)no2)C1. The molecule has 0 aliphatic heterocycles. The van der Waals surface area contributed by atoms with Gasteiger partial charge in [-0.2, -0.15) is 4.98 Å². The number of hydrogen-bond donors (Lipinski definition) is 1. The molecule has 2 aromatic rings. The van der Waals surface area contributed by atoms with Crippen molar-refractivity contribution in [2.45, 2.75) is 25.7 Å². The minimum absolute atomic E-state index is 0.201. The molecule has 2 heterocycles. The number of pyridine rings is 1. The number of carboxylic acids is 1. The average molecular weight is 273 g/mol. The smallest absolute Gasteiger partial charge is 0.307 e. The van der Waals surface area contributed by atoms with Crippen LogP contribution in [-0.2, 0) is 4.79 Å². The topological polar surface area (TPSA) is 89.1 Å². The van der Waals surface area contributed by atoms with E-state index in [1.807, 2.05) is 19.1 Å². The van der Waals surface area contributed by atoms with Crippen LogP contribution in [0.3, 0.4) is 0 Å². The molecular formula is C14H15N3O3. The van der Waals surface area contributed by atoms with E-state index in [1.165, 1.54) is 0 Å². The molecule has 1 saturated carbocycles. The quantitative estimate of drug-likeness (QED) is 0.923. The summed E-state index contributed by atoms with van der Waals surface area (Å²) in [6, 6.07) is 5.44. The Hall–Kier alpha value is -2.24. The third kappa shape index (κ3) is 2.29. The Bertz CT molecular complexity index is 611. The first-order chi connectivity index (χ1) is 9.65. The van der Waals surface area contributed by atoms with Gasteiger partial charge in [-0.05, 0) is 30.9 Å². The normalized spacial score (nSPS) is 25.8. The van der Waals surface area contributed by atoms with Crippen LogP contribution in [0, 0.1) is 11.8 Å². The molecule has 1 aliphatic carbocycles. The molecule has 2 aromatic heterocycles. The van der Waals surface area contributed by atoms with Crippen LogP contribution < -0.4 is 0 Å². The highest BCUT2D eigenvalue weighted by molar-refractivity contribution is 5.71. The second kappa shape index (κ2) is 5.03. The summed E-state index contributed by atoms with van der Waals surface area (Å²) in [4.78, 5) is 19.8. The highest BCUT2D eigenvalue weighted by atomic mass is 16.5. The van der Waals surface area contributed by atoms with Crippen LogP contribution in [0.15, 0.2) is 28.9 Å². The molecule has 0 spiro atoms. The fraction of sp³-hybridized carbons (Fsp3) is 0.429. The number of carboxylic acid groups (broad SMARTS) is 1. The number of nitrogens with zero attached hydrogens (tertiary/aromatic N) is 3. The van der Waals surface area contributed by atoms with E-state index >= 15 is 0 Å². The van der Waals surface area contributed by atoms with E-state index in [9.17, 15) is 9.90 Å². The minimum Gasteiger partial charge on any atom is -0.481 e. The van der Waals surface area contributed by atoms with Gasteiger partial charge in [0.15, 0.2) is 0 Å². The molecular weight excluding hydrogens is 258 g/mol. The van der Waals surface area contributed by atoms with E-state index in [1.54, 1.807) is 12.3 Å². The zero-order valence-electron chi connectivity index (χ0n) is 11.1. The Morgan fingerprint density at radius 2 is 2.25 bits per heavy atom. The standard InChI is InChI=1S/C14H15N3O3/c1-8-6-9(10(7-8)14(18)19)13-16-12(17-20-13)11-4-2-3-5-15-11/h2-5,8-10H,6-7H2,1H3,(H,18,19). The molecule has 0 saturated heterocycles. The van der Waals surface area contributed by atoms with Crippen molar-refractivity contribution in [2.24, 2.45) is 11.8 Å². The Labute approximate surface area is 115 Å². The van der Waals surface area contributed by atoms with Gasteiger partial charge in [0.25, 0.3) is 0 Å². The summed E-state index contributed by atoms with van der Waals surface area (Å²) in [6.45, 7) is 2.05. The molecule has 1 N–H and O–H groups in total. The molecule has 3 rings (SSSR count). The van der Waals surface area contributed by atoms with Crippen LogP contribution in [0.5, 0.6) is 0 Å². The van der Waals surface area contributed by atoms with Crippen LogP contribution in [0.4, 0.5) is 0 Å². The zero-order valence-corrected chi connectivity index (χ0v) is 11.1. The Kier molecular flexibility index (Phi) is 3.22. The van der Waals surface area contributed by atoms with Crippen molar-refractivity contribution < 1.29 is 14.4 Å². The van der Waals surface area contributed by atoms with E-state index in [-0.39, 0.29) is 5.92 Å². The van der Waals surface area contributed by atoms with Gasteiger partial charge in [-0.1, -0.05) is 18.1 Å². The maximum Gasteiger partial charge on any atom is 0.307 e. The summed E-state index contributed by atoms with van der Waals surface area (Å²) in [5, 5.41) is 13.2. The van der Waals surface area contributed by atoms with E-state index in [0.29, 0.717) is 29.7 Å². The first kappa shape index (κ1) is 12.8. The van der Waals surface area contributed by atoms with Gasteiger partial charge in [-0.15, -0.1) is 0 Å². The molecule has 0 aromatic carbocycles. The van der Waals surface area contributed by atoms with Gasteiger partial charge < -0.3 is 9.63 Å². The predicted molar refractivity (Wildman–Crippen MR) is 69.8 cm³/mol. The largest absolute Gasteiger partial charge is 0.481 e. The molecule has 3 unspecified atom stereocenters. The summed E-state index contributed by atoms with van der Waals surface area (Å²) in [5.74, 6) is -0.274. The molecule has 1 fully saturated rings. The lowest BCUT2D eigenvalue weighted by atomic mass is 9.96. The van der Waals surface area contributed by atoms with E-state index in [4.69, 9.17) is 4.52 Å². The van der Waals surface area contributed by atoms with Crippen LogP contribution >= 0.6 is 0 Å². The Morgan fingerprint density at radius 3 is 2.95 bits per heavy atom. The first-order valence-electron chi connectivity index (χ1n) is 6.63. The third-order valence-corrected chi connectivity index (χ3v) is 3.77. The number of hydrogen-bond acceptors (Lipinski definition) is 5. The molecule has 0 radical (unpaired) electrons. The molecule has 6 heteroatoms. The van der Waals surface area contributed by atoms with Gasteiger partial charge in [0, 0.05) is 6.20 Å². The van der Waals surface area contributed by atoms with Gasteiger partial charge in [0.2, 0.25) is 11.7 Å². The molecule has 6 nitrogen and oxygen atoms in total. The summed E-state index contributed by atoms with van der Waals surface area (Å²) in [5.41, 5.74) is 0.625. The highest BCUT2D eigenvalue weighted by Gasteiger charge is 2.41. The summed E-state index contributed by atoms with van der Waals surface area (Å²) in [6.07, 6.45) is 3.07. The van der Waals surface area contributed by atoms with Gasteiger partial charge in [0.1, 0.15) is 5.69 Å². The van der Waals surface area contributed by atoms with Gasteiger partial charge in [-0.3, -0.25) is 9.78 Å². The van der Waals surface area contributed by atoms with Crippen molar-refractivity contribution in [3.8, 4) is 11.5 Å². The van der Waals surface area contributed by atoms with Crippen molar-refractivity contribution >= 4 is 5.97 Å². The lowest BCUT2D eigenvalue weighted by Crippen LogP contribution is -2.17. The second-order valence-electron chi connectivity index (χ2n) is 5.30. The monoisotopic (exact) mass is 273 g/mol. The molecule has 3 atom stereocenters. The maximum absolute atomic E-state index is 11.3. The van der Waals surface area contributed by atoms with Crippen molar-refractivity contribution in [1.82, 2.24) is 15.1 Å². The van der Waals surface area contributed by atoms with Crippen molar-refractivity contribution in [1.29, 1.82) is 0 Å². The number of rotatable bonds is 3. The van der Waals surface area contributed by atoms with Gasteiger partial charge in [0.05, 0.1) is 11.8 Å². The molecule has 0 bridgehead atoms. The van der Waals surface area contributed by atoms with Crippen LogP contribution in [0.2, 0.25) is 0 Å². The van der Waals surface area contributed by atoms with Gasteiger partial charge in [-0.25, -0.2) is 0 Å². The zero-order chi connectivity index (χ0) is 14.1. The van der Waals surface area contributed by atoms with Crippen molar-refractivity contribution in [3.63, 3.8) is 0 Å². The fourth-order valence-electron chi connectivity index (χ4n) is 2.82. The van der Waals surface area contributed by atoms with E-state index < -0.39 is 11.9 Å². The predicted octanol–water partition coefficient (Wildman–Crippen LogP) is 2.35. The van der Waals surface area contributed by atoms with E-state index in [2.05, 4.69) is 15.1 Å². The summed E-state index contributed by atoms with van der Waals surface area (Å²) < 4.78 is 5.27. The highest BCUT2D eigenvalue weighted by Crippen LogP contribution is 2.42. The van der Waals surface area contributed by atoms with Crippen LogP contribution in [0.1, 0.15) is 31.6 Å². The number of aromatic nitrogens is 3. The van der Waals surface area contributed by atoms with Gasteiger partial charge >= 0.3 is 5.97 Å². The van der Waals surface area contributed by atoms with E-state index in [0.717, 1.165) is 6.42 Å². The summed E-state index contributed by atoms with van der Waals surface area (Å²) >= 11 is 0. The molecule has 104 valence electrons. The lowest BCUT2D eigenvalue weighted by molar-refractivity contribution is -0.142. The molecule has 0 amide bonds. The fourth-order valence-corrected chi connectivity index (χ4v) is 2.82. The van der Waals surface area contributed by atoms with Crippen molar-refractivity contribution in [2.75, 3.05) is 0 Å². The summed E-state index contributed by atoms with van der Waals surface area (Å²) in [7, 11) is 0. The number of carbonyl (C=O) groups is 1. The van der Waals surface area contributed by atoms with Crippen LogP contribution in [0.25, 0.3) is 11.5 Å². The van der Waals surface area contributed by atoms with Crippen LogP contribution in [-0.4, -0.2) is 26.2 Å². The molecule has 1 aliphatic rings. The Balaban J connectivity index is 1.88. The first-order valence-corrected chi connectivity index (χ1v) is 6.63. The lowest BCUT2D eigenvalue weighted by Gasteiger charge is -2.09. The van der Waals surface area contributed by atoms with Crippen molar-refractivity contribution in [3.05, 3.63) is 30.3 Å². The average Bonchev–Trinajstić information content (AvgIpc) is 3.06.